The molecule has 1 fully saturated rings. The first-order valence-corrected chi connectivity index (χ1v) is 13.5. The van der Waals surface area contributed by atoms with E-state index in [1.807, 2.05) is 24.6 Å². The quantitative estimate of drug-likeness (QED) is 0.268. The topological polar surface area (TPSA) is 98.9 Å². The summed E-state index contributed by atoms with van der Waals surface area (Å²) in [5.74, 6) is 0.404. The standard InChI is InChI=1S/C29H30ClFN4O5/c1-3-38-25-14-18(29(36)37)13-23-28(25)33-26(34(23)2)16-35-11-9-21(10-12-35)40-27-6-4-5-20(32-27)17-39-24-8-7-19(30)15-22(24)31/h4-8,13-15,21H,3,9-12,16-17H2,1-2H3,(H,36,37). The molecule has 1 aliphatic heterocycles. The number of aryl methyl sites for hydroxylation is 1. The largest absolute Gasteiger partial charge is 0.492 e. The number of halogens is 2. The second-order valence-corrected chi connectivity index (χ2v) is 10.0. The normalized spacial score (nSPS) is 14.4. The van der Waals surface area contributed by atoms with Crippen LogP contribution >= 0.6 is 11.6 Å². The highest BCUT2D eigenvalue weighted by molar-refractivity contribution is 6.30. The van der Waals surface area contributed by atoms with Gasteiger partial charge >= 0.3 is 5.97 Å². The van der Waals surface area contributed by atoms with Crippen LogP contribution in [0.1, 0.15) is 41.6 Å². The third-order valence-corrected chi connectivity index (χ3v) is 7.06. The monoisotopic (exact) mass is 568 g/mol. The van der Waals surface area contributed by atoms with Crippen molar-refractivity contribution in [2.24, 2.45) is 7.05 Å². The number of piperidine rings is 1. The Morgan fingerprint density at radius 1 is 1.10 bits per heavy atom. The first-order chi connectivity index (χ1) is 19.3. The molecule has 1 aliphatic rings. The number of nitrogens with zero attached hydrogens (tertiary/aromatic N) is 4. The Bertz CT molecular complexity index is 1520. The van der Waals surface area contributed by atoms with Gasteiger partial charge in [0, 0.05) is 31.2 Å². The number of rotatable bonds is 10. The van der Waals surface area contributed by atoms with Crippen LogP contribution in [-0.2, 0) is 20.2 Å². The van der Waals surface area contributed by atoms with Gasteiger partial charge in [-0.25, -0.2) is 19.2 Å². The Morgan fingerprint density at radius 3 is 2.62 bits per heavy atom. The van der Waals surface area contributed by atoms with Gasteiger partial charge in [-0.05, 0) is 56.2 Å². The lowest BCUT2D eigenvalue weighted by atomic mass is 10.1. The average Bonchev–Trinajstić information content (AvgIpc) is 3.25. The van der Waals surface area contributed by atoms with Crippen molar-refractivity contribution in [1.29, 1.82) is 0 Å². The van der Waals surface area contributed by atoms with Crippen molar-refractivity contribution in [3.63, 3.8) is 0 Å². The van der Waals surface area contributed by atoms with Crippen molar-refractivity contribution >= 4 is 28.6 Å². The molecule has 5 rings (SSSR count). The van der Waals surface area contributed by atoms with Crippen molar-refractivity contribution in [3.05, 3.63) is 76.5 Å². The van der Waals surface area contributed by atoms with E-state index in [1.54, 1.807) is 24.3 Å². The van der Waals surface area contributed by atoms with Crippen LogP contribution in [0.3, 0.4) is 0 Å². The van der Waals surface area contributed by atoms with Gasteiger partial charge in [-0.15, -0.1) is 0 Å². The number of aromatic nitrogens is 3. The lowest BCUT2D eigenvalue weighted by molar-refractivity contribution is 0.0696. The molecular formula is C29H30ClFN4O5. The Hall–Kier alpha value is -3.89. The number of aromatic carboxylic acids is 1. The molecular weight excluding hydrogens is 539 g/mol. The number of ether oxygens (including phenoxy) is 3. The summed E-state index contributed by atoms with van der Waals surface area (Å²) in [6.45, 7) is 4.63. The van der Waals surface area contributed by atoms with Crippen LogP contribution in [0.5, 0.6) is 17.4 Å². The summed E-state index contributed by atoms with van der Waals surface area (Å²) in [7, 11) is 1.89. The van der Waals surface area contributed by atoms with E-state index in [4.69, 9.17) is 30.8 Å². The molecule has 0 amide bonds. The third-order valence-electron chi connectivity index (χ3n) is 6.83. The van der Waals surface area contributed by atoms with Crippen molar-refractivity contribution in [2.75, 3.05) is 19.7 Å². The number of imidazole rings is 1. The van der Waals surface area contributed by atoms with Crippen LogP contribution in [0.25, 0.3) is 11.0 Å². The average molecular weight is 569 g/mol. The lowest BCUT2D eigenvalue weighted by Gasteiger charge is -2.31. The van der Waals surface area contributed by atoms with E-state index in [0.717, 1.165) is 37.3 Å². The number of carbonyl (C=O) groups is 1. The molecule has 2 aromatic carbocycles. The fraction of sp³-hybridized carbons (Fsp3) is 0.345. The zero-order chi connectivity index (χ0) is 28.2. The first kappa shape index (κ1) is 27.7. The first-order valence-electron chi connectivity index (χ1n) is 13.1. The zero-order valence-corrected chi connectivity index (χ0v) is 23.0. The maximum Gasteiger partial charge on any atom is 0.335 e. The molecule has 0 unspecified atom stereocenters. The minimum atomic E-state index is -1.00. The predicted octanol–water partition coefficient (Wildman–Crippen LogP) is 5.48. The fourth-order valence-electron chi connectivity index (χ4n) is 4.74. The Morgan fingerprint density at radius 2 is 1.90 bits per heavy atom. The van der Waals surface area contributed by atoms with Gasteiger partial charge in [-0.2, -0.15) is 0 Å². The second kappa shape index (κ2) is 12.1. The Balaban J connectivity index is 1.18. The zero-order valence-electron chi connectivity index (χ0n) is 22.3. The minimum absolute atomic E-state index is 0.0109. The third kappa shape index (κ3) is 6.29. The number of benzene rings is 2. The highest BCUT2D eigenvalue weighted by atomic mass is 35.5. The molecule has 2 aromatic heterocycles. The van der Waals surface area contributed by atoms with Crippen LogP contribution in [-0.4, -0.2) is 56.3 Å². The molecule has 0 radical (unpaired) electrons. The molecule has 9 nitrogen and oxygen atoms in total. The fourth-order valence-corrected chi connectivity index (χ4v) is 4.90. The summed E-state index contributed by atoms with van der Waals surface area (Å²) in [5, 5.41) is 9.81. The summed E-state index contributed by atoms with van der Waals surface area (Å²) < 4.78 is 33.3. The van der Waals surface area contributed by atoms with Gasteiger partial charge in [0.05, 0.1) is 29.9 Å². The van der Waals surface area contributed by atoms with Crippen molar-refractivity contribution in [2.45, 2.75) is 39.0 Å². The van der Waals surface area contributed by atoms with Crippen LogP contribution in [0, 0.1) is 5.82 Å². The van der Waals surface area contributed by atoms with Gasteiger partial charge in [0.25, 0.3) is 0 Å². The number of hydrogen-bond donors (Lipinski definition) is 1. The molecule has 0 atom stereocenters. The molecule has 0 saturated carbocycles. The van der Waals surface area contributed by atoms with E-state index in [-0.39, 0.29) is 24.0 Å². The Kier molecular flexibility index (Phi) is 8.37. The highest BCUT2D eigenvalue weighted by Gasteiger charge is 2.24. The maximum atomic E-state index is 14.0. The van der Waals surface area contributed by atoms with Crippen LogP contribution < -0.4 is 14.2 Å². The number of carboxylic acids is 1. The SMILES string of the molecule is CCOc1cc(C(=O)O)cc2c1nc(CN1CCC(Oc3cccc(COc4ccc(Cl)cc4F)n3)CC1)n2C. The van der Waals surface area contributed by atoms with E-state index < -0.39 is 11.8 Å². The molecule has 1 saturated heterocycles. The van der Waals surface area contributed by atoms with Crippen molar-refractivity contribution in [3.8, 4) is 17.4 Å². The molecule has 4 aromatic rings. The predicted molar refractivity (Wildman–Crippen MR) is 148 cm³/mol. The summed E-state index contributed by atoms with van der Waals surface area (Å²) in [4.78, 5) is 23.2. The number of fused-ring (bicyclic) bond motifs is 1. The number of carboxylic acid groups (broad SMARTS) is 1. The Labute approximate surface area is 236 Å². The van der Waals surface area contributed by atoms with E-state index in [2.05, 4.69) is 9.88 Å². The van der Waals surface area contributed by atoms with Gasteiger partial charge in [-0.3, -0.25) is 4.90 Å². The maximum absolute atomic E-state index is 14.0. The van der Waals surface area contributed by atoms with Gasteiger partial charge in [0.2, 0.25) is 5.88 Å². The minimum Gasteiger partial charge on any atom is -0.492 e. The summed E-state index contributed by atoms with van der Waals surface area (Å²) >= 11 is 5.80. The number of pyridine rings is 1. The second-order valence-electron chi connectivity index (χ2n) is 9.59. The van der Waals surface area contributed by atoms with Gasteiger partial charge < -0.3 is 23.9 Å². The summed E-state index contributed by atoms with van der Waals surface area (Å²) in [6.07, 6.45) is 1.64. The summed E-state index contributed by atoms with van der Waals surface area (Å²) in [6, 6.07) is 12.9. The molecule has 0 aliphatic carbocycles. The molecule has 3 heterocycles. The van der Waals surface area contributed by atoms with E-state index in [9.17, 15) is 14.3 Å². The van der Waals surface area contributed by atoms with Crippen LogP contribution in [0.2, 0.25) is 5.02 Å². The number of likely N-dealkylation sites (tertiary alicyclic amines) is 1. The lowest BCUT2D eigenvalue weighted by Crippen LogP contribution is -2.38. The van der Waals surface area contributed by atoms with Crippen LogP contribution in [0.15, 0.2) is 48.5 Å². The molecule has 0 bridgehead atoms. The number of hydrogen-bond acceptors (Lipinski definition) is 7. The summed E-state index contributed by atoms with van der Waals surface area (Å²) in [5.41, 5.74) is 2.19. The van der Waals surface area contributed by atoms with E-state index in [0.29, 0.717) is 41.0 Å². The molecule has 210 valence electrons. The molecule has 1 N–H and O–H groups in total. The van der Waals surface area contributed by atoms with E-state index in [1.165, 1.54) is 18.2 Å². The highest BCUT2D eigenvalue weighted by Crippen LogP contribution is 2.29. The van der Waals surface area contributed by atoms with Crippen LogP contribution in [0.4, 0.5) is 4.39 Å². The molecule has 40 heavy (non-hydrogen) atoms. The smallest absolute Gasteiger partial charge is 0.335 e. The van der Waals surface area contributed by atoms with E-state index >= 15 is 0 Å². The van der Waals surface area contributed by atoms with Crippen molar-refractivity contribution in [1.82, 2.24) is 19.4 Å². The molecule has 11 heteroatoms. The van der Waals surface area contributed by atoms with Gasteiger partial charge in [0.15, 0.2) is 11.6 Å². The molecule has 0 spiro atoms. The van der Waals surface area contributed by atoms with Crippen molar-refractivity contribution < 1.29 is 28.5 Å². The van der Waals surface area contributed by atoms with Gasteiger partial charge in [0.1, 0.15) is 29.8 Å². The van der Waals surface area contributed by atoms with Gasteiger partial charge in [-0.1, -0.05) is 17.7 Å².